The van der Waals surface area contributed by atoms with Gasteiger partial charge in [-0.3, -0.25) is 0 Å². The van der Waals surface area contributed by atoms with Gasteiger partial charge in [0.15, 0.2) is 0 Å². The van der Waals surface area contributed by atoms with Crippen molar-refractivity contribution < 1.29 is 0 Å². The van der Waals surface area contributed by atoms with Crippen LogP contribution < -0.4 is 0 Å². The third-order valence-corrected chi connectivity index (χ3v) is 2.23. The highest BCUT2D eigenvalue weighted by Crippen LogP contribution is 2.13. The number of hydrogen-bond donors (Lipinski definition) is 0. The second-order valence-electron chi connectivity index (χ2n) is 3.22. The molecule has 0 aliphatic heterocycles. The van der Waals surface area contributed by atoms with E-state index in [0.717, 1.165) is 6.42 Å². The number of rotatable bonds is 2. The van der Waals surface area contributed by atoms with Gasteiger partial charge in [-0.25, -0.2) is 0 Å². The van der Waals surface area contributed by atoms with E-state index in [4.69, 9.17) is 0 Å². The average Bonchev–Trinajstić information content (AvgIpc) is 2.25. The van der Waals surface area contributed by atoms with Crippen LogP contribution in [-0.2, 0) is 0 Å². The van der Waals surface area contributed by atoms with E-state index in [-0.39, 0.29) is 0 Å². The van der Waals surface area contributed by atoms with E-state index in [2.05, 4.69) is 50.6 Å². The minimum Gasteiger partial charge on any atom is -0.325 e. The number of allylic oxidation sites excluding steroid dienone is 1. The smallest absolute Gasteiger partial charge is 0.0221 e. The van der Waals surface area contributed by atoms with Gasteiger partial charge in [-0.2, -0.15) is 0 Å². The molecule has 0 atom stereocenters. The van der Waals surface area contributed by atoms with E-state index in [0.29, 0.717) is 0 Å². The lowest BCUT2D eigenvalue weighted by atomic mass is 10.3. The Kier molecular flexibility index (Phi) is 2.74. The Morgan fingerprint density at radius 2 is 2.00 bits per heavy atom. The quantitative estimate of drug-likeness (QED) is 0.630. The number of nitrogens with zero attached hydrogens (tertiary/aromatic N) is 1. The highest BCUT2D eigenvalue weighted by molar-refractivity contribution is 5.36. The average molecular weight is 163 g/mol. The third kappa shape index (κ3) is 1.60. The Bertz CT molecular complexity index is 292. The lowest BCUT2D eigenvalue weighted by Crippen LogP contribution is -1.91. The molecule has 1 aromatic heterocycles. The second-order valence-corrected chi connectivity index (χ2v) is 3.22. The topological polar surface area (TPSA) is 4.93 Å². The SMILES string of the molecule is CCC=Cn1c(C)cc(C)c1C. The Hall–Kier alpha value is -0.980. The molecule has 1 heteroatoms. The fraction of sp³-hybridized carbons (Fsp3) is 0.455. The van der Waals surface area contributed by atoms with Crippen molar-refractivity contribution in [3.05, 3.63) is 29.1 Å². The zero-order valence-corrected chi connectivity index (χ0v) is 8.39. The zero-order chi connectivity index (χ0) is 9.14. The molecule has 0 saturated heterocycles. The molecule has 66 valence electrons. The first-order chi connectivity index (χ1) is 5.66. The minimum atomic E-state index is 1.09. The van der Waals surface area contributed by atoms with Gasteiger partial charge >= 0.3 is 0 Å². The van der Waals surface area contributed by atoms with Crippen LogP contribution in [0.1, 0.15) is 30.3 Å². The lowest BCUT2D eigenvalue weighted by molar-refractivity contribution is 1.01. The first-order valence-electron chi connectivity index (χ1n) is 4.48. The molecular weight excluding hydrogens is 146 g/mol. The van der Waals surface area contributed by atoms with Gasteiger partial charge in [-0.15, -0.1) is 0 Å². The van der Waals surface area contributed by atoms with Crippen molar-refractivity contribution in [2.24, 2.45) is 0 Å². The van der Waals surface area contributed by atoms with E-state index in [9.17, 15) is 0 Å². The molecule has 0 aliphatic carbocycles. The first kappa shape index (κ1) is 9.11. The van der Waals surface area contributed by atoms with Gasteiger partial charge in [-0.05, 0) is 38.8 Å². The Morgan fingerprint density at radius 3 is 2.42 bits per heavy atom. The van der Waals surface area contributed by atoms with Crippen molar-refractivity contribution in [2.45, 2.75) is 34.1 Å². The van der Waals surface area contributed by atoms with Crippen molar-refractivity contribution >= 4 is 6.20 Å². The normalized spacial score (nSPS) is 11.3. The molecule has 0 bridgehead atoms. The molecule has 12 heavy (non-hydrogen) atoms. The van der Waals surface area contributed by atoms with E-state index in [1.54, 1.807) is 0 Å². The van der Waals surface area contributed by atoms with Crippen LogP contribution >= 0.6 is 0 Å². The van der Waals surface area contributed by atoms with E-state index >= 15 is 0 Å². The van der Waals surface area contributed by atoms with Gasteiger partial charge in [0.05, 0.1) is 0 Å². The fourth-order valence-corrected chi connectivity index (χ4v) is 1.38. The van der Waals surface area contributed by atoms with Gasteiger partial charge in [-0.1, -0.05) is 13.0 Å². The monoisotopic (exact) mass is 163 g/mol. The molecule has 0 spiro atoms. The molecule has 1 aromatic rings. The Labute approximate surface area is 74.7 Å². The van der Waals surface area contributed by atoms with Crippen LogP contribution in [0, 0.1) is 20.8 Å². The molecular formula is C11H17N. The van der Waals surface area contributed by atoms with Crippen molar-refractivity contribution in [1.29, 1.82) is 0 Å². The van der Waals surface area contributed by atoms with Crippen LogP contribution in [0.2, 0.25) is 0 Å². The van der Waals surface area contributed by atoms with Crippen LogP contribution in [0.15, 0.2) is 12.1 Å². The van der Waals surface area contributed by atoms with Crippen LogP contribution in [0.25, 0.3) is 6.20 Å². The minimum absolute atomic E-state index is 1.09. The predicted molar refractivity (Wildman–Crippen MR) is 54.3 cm³/mol. The molecule has 1 rings (SSSR count). The van der Waals surface area contributed by atoms with Crippen LogP contribution in [-0.4, -0.2) is 4.57 Å². The van der Waals surface area contributed by atoms with Gasteiger partial charge in [0.25, 0.3) is 0 Å². The molecule has 0 aromatic carbocycles. The summed E-state index contributed by atoms with van der Waals surface area (Å²) in [5.74, 6) is 0. The number of aromatic nitrogens is 1. The molecule has 0 unspecified atom stereocenters. The molecule has 0 fully saturated rings. The summed E-state index contributed by atoms with van der Waals surface area (Å²) >= 11 is 0. The summed E-state index contributed by atoms with van der Waals surface area (Å²) in [6.07, 6.45) is 5.42. The van der Waals surface area contributed by atoms with Gasteiger partial charge in [0.1, 0.15) is 0 Å². The maximum Gasteiger partial charge on any atom is 0.0221 e. The standard InChI is InChI=1S/C11H17N/c1-5-6-7-12-10(3)8-9(2)11(12)4/h6-8H,5H2,1-4H3. The van der Waals surface area contributed by atoms with Crippen molar-refractivity contribution in [3.63, 3.8) is 0 Å². The van der Waals surface area contributed by atoms with Crippen LogP contribution in [0.5, 0.6) is 0 Å². The molecule has 1 nitrogen and oxygen atoms in total. The molecule has 0 amide bonds. The lowest BCUT2D eigenvalue weighted by Gasteiger charge is -2.01. The summed E-state index contributed by atoms with van der Waals surface area (Å²) in [5, 5.41) is 0. The van der Waals surface area contributed by atoms with Gasteiger partial charge < -0.3 is 4.57 Å². The van der Waals surface area contributed by atoms with Gasteiger partial charge in [0.2, 0.25) is 0 Å². The van der Waals surface area contributed by atoms with Crippen LogP contribution in [0.3, 0.4) is 0 Å². The first-order valence-corrected chi connectivity index (χ1v) is 4.48. The summed E-state index contributed by atoms with van der Waals surface area (Å²) < 4.78 is 2.23. The van der Waals surface area contributed by atoms with E-state index in [1.807, 2.05) is 0 Å². The summed E-state index contributed by atoms with van der Waals surface area (Å²) in [6, 6.07) is 2.22. The predicted octanol–water partition coefficient (Wildman–Crippen LogP) is 3.29. The van der Waals surface area contributed by atoms with Crippen LogP contribution in [0.4, 0.5) is 0 Å². The number of aryl methyl sites for hydroxylation is 2. The summed E-state index contributed by atoms with van der Waals surface area (Å²) in [6.45, 7) is 8.60. The van der Waals surface area contributed by atoms with E-state index < -0.39 is 0 Å². The summed E-state index contributed by atoms with van der Waals surface area (Å²) in [7, 11) is 0. The Balaban J connectivity index is 3.05. The van der Waals surface area contributed by atoms with Crippen molar-refractivity contribution in [2.75, 3.05) is 0 Å². The molecule has 0 radical (unpaired) electrons. The number of hydrogen-bond acceptors (Lipinski definition) is 0. The molecule has 0 aliphatic rings. The highest BCUT2D eigenvalue weighted by atomic mass is 15.0. The maximum absolute atomic E-state index is 2.23. The van der Waals surface area contributed by atoms with E-state index in [1.165, 1.54) is 17.0 Å². The van der Waals surface area contributed by atoms with Crippen molar-refractivity contribution in [1.82, 2.24) is 4.57 Å². The molecule has 1 heterocycles. The highest BCUT2D eigenvalue weighted by Gasteiger charge is 2.01. The maximum atomic E-state index is 2.23. The van der Waals surface area contributed by atoms with Gasteiger partial charge in [0, 0.05) is 17.6 Å². The second kappa shape index (κ2) is 3.61. The summed E-state index contributed by atoms with van der Waals surface area (Å²) in [5.41, 5.74) is 4.03. The molecule has 0 N–H and O–H groups in total. The fourth-order valence-electron chi connectivity index (χ4n) is 1.38. The largest absolute Gasteiger partial charge is 0.325 e. The van der Waals surface area contributed by atoms with Crippen molar-refractivity contribution in [3.8, 4) is 0 Å². The zero-order valence-electron chi connectivity index (χ0n) is 8.39. The summed E-state index contributed by atoms with van der Waals surface area (Å²) in [4.78, 5) is 0. The Morgan fingerprint density at radius 1 is 1.33 bits per heavy atom. The third-order valence-electron chi connectivity index (χ3n) is 2.23. The molecule has 0 saturated carbocycles.